The molecule has 1 amide bonds. The maximum Gasteiger partial charge on any atom is 0.259 e. The van der Waals surface area contributed by atoms with E-state index in [0.29, 0.717) is 10.6 Å². The van der Waals surface area contributed by atoms with Gasteiger partial charge in [-0.25, -0.2) is 22.3 Å². The van der Waals surface area contributed by atoms with Gasteiger partial charge >= 0.3 is 0 Å². The van der Waals surface area contributed by atoms with E-state index in [1.54, 1.807) is 42.5 Å². The van der Waals surface area contributed by atoms with Gasteiger partial charge in [-0.15, -0.1) is 0 Å². The van der Waals surface area contributed by atoms with Crippen LogP contribution >= 0.6 is 11.6 Å². The monoisotopic (exact) mass is 639 g/mol. The molecule has 224 valence electrons. The molecule has 0 radical (unpaired) electrons. The number of hydrogen-bond acceptors (Lipinski definition) is 6. The molecule has 1 aliphatic rings. The fourth-order valence-corrected chi connectivity index (χ4v) is 8.36. The predicted molar refractivity (Wildman–Crippen MR) is 165 cm³/mol. The number of nitrogens with zero attached hydrogens (tertiary/aromatic N) is 4. The lowest BCUT2D eigenvalue weighted by Gasteiger charge is -2.38. The first kappa shape index (κ1) is 30.6. The molecular weight excluding hydrogens is 610 g/mol. The number of piperazine rings is 1. The summed E-state index contributed by atoms with van der Waals surface area (Å²) in [5, 5.41) is 4.70. The molecule has 13 heteroatoms. The molecule has 1 fully saturated rings. The van der Waals surface area contributed by atoms with Crippen molar-refractivity contribution < 1.29 is 21.6 Å². The van der Waals surface area contributed by atoms with Crippen molar-refractivity contribution in [1.29, 1.82) is 0 Å². The lowest BCUT2D eigenvalue weighted by Crippen LogP contribution is -2.60. The Morgan fingerprint density at radius 2 is 1.44 bits per heavy atom. The summed E-state index contributed by atoms with van der Waals surface area (Å²) in [6, 6.07) is 23.5. The third-order valence-corrected chi connectivity index (χ3v) is 11.4. The third-order valence-electron chi connectivity index (χ3n) is 7.27. The number of rotatable bonds is 8. The van der Waals surface area contributed by atoms with Gasteiger partial charge in [0, 0.05) is 36.6 Å². The molecule has 1 unspecified atom stereocenters. The first-order valence-electron chi connectivity index (χ1n) is 13.4. The standard InChI is InChI=1S/C30H30ClN5O5S2/c1-22-19-24(23(2)36(22)28-16-10-9-15-27(28)31)20-32-33-30(37)29-21-34(42(38,39)25-11-5-3-6-12-25)17-18-35(29)43(40,41)26-13-7-4-8-14-26/h3-16,19-20,29H,17-18,21H2,1-2H3,(H,33,37)/b32-20+. The Hall–Kier alpha value is -3.81. The average molecular weight is 640 g/mol. The van der Waals surface area contributed by atoms with Gasteiger partial charge in [0.25, 0.3) is 5.91 Å². The minimum Gasteiger partial charge on any atom is -0.316 e. The second-order valence-corrected chi connectivity index (χ2v) is 14.2. The van der Waals surface area contributed by atoms with E-state index >= 15 is 0 Å². The first-order chi connectivity index (χ1) is 20.5. The van der Waals surface area contributed by atoms with Crippen molar-refractivity contribution in [3.05, 3.63) is 113 Å². The molecule has 1 aromatic heterocycles. The Labute approximate surface area is 256 Å². The zero-order valence-electron chi connectivity index (χ0n) is 23.5. The molecule has 5 rings (SSSR count). The SMILES string of the molecule is Cc1cc(/C=N/NC(=O)C2CN(S(=O)(=O)c3ccccc3)CCN2S(=O)(=O)c2ccccc2)c(C)n1-c1ccccc1Cl. The van der Waals surface area contributed by atoms with E-state index in [9.17, 15) is 21.6 Å². The second kappa shape index (κ2) is 12.4. The van der Waals surface area contributed by atoms with Crippen LogP contribution < -0.4 is 5.43 Å². The number of hydrazone groups is 1. The Balaban J connectivity index is 1.42. The highest BCUT2D eigenvalue weighted by molar-refractivity contribution is 7.89. The van der Waals surface area contributed by atoms with Crippen molar-refractivity contribution in [2.24, 2.45) is 5.10 Å². The normalized spacial score (nSPS) is 16.9. The van der Waals surface area contributed by atoms with Crippen molar-refractivity contribution in [3.63, 3.8) is 0 Å². The van der Waals surface area contributed by atoms with Gasteiger partial charge < -0.3 is 4.57 Å². The number of benzene rings is 3. The summed E-state index contributed by atoms with van der Waals surface area (Å²) >= 11 is 6.41. The number of carbonyl (C=O) groups excluding carboxylic acids is 1. The molecule has 0 aliphatic carbocycles. The van der Waals surface area contributed by atoms with Crippen molar-refractivity contribution in [3.8, 4) is 5.69 Å². The van der Waals surface area contributed by atoms with Crippen LogP contribution in [-0.4, -0.2) is 67.8 Å². The topological polar surface area (TPSA) is 121 Å². The van der Waals surface area contributed by atoms with E-state index in [1.165, 1.54) is 30.5 Å². The van der Waals surface area contributed by atoms with Gasteiger partial charge in [0.1, 0.15) is 6.04 Å². The summed E-state index contributed by atoms with van der Waals surface area (Å²) in [5.41, 5.74) is 5.67. The van der Waals surface area contributed by atoms with Gasteiger partial charge in [-0.3, -0.25) is 4.79 Å². The fraction of sp³-hybridized carbons (Fsp3) is 0.200. The molecule has 43 heavy (non-hydrogen) atoms. The molecule has 1 aliphatic heterocycles. The Bertz CT molecular complexity index is 1880. The molecule has 0 saturated carbocycles. The lowest BCUT2D eigenvalue weighted by atomic mass is 10.2. The van der Waals surface area contributed by atoms with E-state index in [0.717, 1.165) is 25.7 Å². The van der Waals surface area contributed by atoms with E-state index in [-0.39, 0.29) is 29.4 Å². The Morgan fingerprint density at radius 3 is 2.07 bits per heavy atom. The van der Waals surface area contributed by atoms with Crippen LogP contribution in [0, 0.1) is 13.8 Å². The van der Waals surface area contributed by atoms with Gasteiger partial charge in [0.2, 0.25) is 20.0 Å². The zero-order valence-corrected chi connectivity index (χ0v) is 25.8. The molecule has 0 bridgehead atoms. The smallest absolute Gasteiger partial charge is 0.259 e. The minimum atomic E-state index is -4.13. The number of carbonyl (C=O) groups is 1. The number of nitrogens with one attached hydrogen (secondary N) is 1. The van der Waals surface area contributed by atoms with Crippen molar-refractivity contribution in [1.82, 2.24) is 18.6 Å². The highest BCUT2D eigenvalue weighted by atomic mass is 35.5. The van der Waals surface area contributed by atoms with E-state index in [2.05, 4.69) is 10.5 Å². The lowest BCUT2D eigenvalue weighted by molar-refractivity contribution is -0.125. The van der Waals surface area contributed by atoms with Crippen LogP contribution in [0.5, 0.6) is 0 Å². The summed E-state index contributed by atoms with van der Waals surface area (Å²) in [6.45, 7) is 3.09. The third kappa shape index (κ3) is 6.15. The number of aromatic nitrogens is 1. The number of sulfonamides is 2. The number of hydrogen-bond donors (Lipinski definition) is 1. The number of para-hydroxylation sites is 1. The van der Waals surface area contributed by atoms with Gasteiger partial charge in [-0.1, -0.05) is 60.1 Å². The highest BCUT2D eigenvalue weighted by Gasteiger charge is 2.43. The van der Waals surface area contributed by atoms with Gasteiger partial charge in [-0.2, -0.15) is 13.7 Å². The first-order valence-corrected chi connectivity index (χ1v) is 16.7. The molecule has 3 aromatic carbocycles. The van der Waals surface area contributed by atoms with Gasteiger partial charge in [0.05, 0.1) is 26.7 Å². The summed E-state index contributed by atoms with van der Waals surface area (Å²) in [5.74, 6) is -0.761. The van der Waals surface area contributed by atoms with Crippen molar-refractivity contribution >= 4 is 43.8 Å². The number of amides is 1. The maximum atomic E-state index is 13.6. The predicted octanol–water partition coefficient (Wildman–Crippen LogP) is 3.96. The minimum absolute atomic E-state index is 0.00248. The summed E-state index contributed by atoms with van der Waals surface area (Å²) in [6.07, 6.45) is 1.46. The zero-order chi connectivity index (χ0) is 30.8. The second-order valence-electron chi connectivity index (χ2n) is 9.97. The molecule has 1 atom stereocenters. The van der Waals surface area contributed by atoms with Crippen molar-refractivity contribution in [2.75, 3.05) is 19.6 Å². The van der Waals surface area contributed by atoms with E-state index in [1.807, 2.05) is 42.7 Å². The summed E-state index contributed by atoms with van der Waals surface area (Å²) in [4.78, 5) is 13.6. The van der Waals surface area contributed by atoms with Crippen LogP contribution in [0.15, 0.2) is 106 Å². The van der Waals surface area contributed by atoms with Crippen LogP contribution in [0.3, 0.4) is 0 Å². The molecule has 2 heterocycles. The van der Waals surface area contributed by atoms with Crippen LogP contribution in [0.2, 0.25) is 5.02 Å². The molecule has 1 saturated heterocycles. The highest BCUT2D eigenvalue weighted by Crippen LogP contribution is 2.27. The van der Waals surface area contributed by atoms with Crippen LogP contribution in [0.25, 0.3) is 5.69 Å². The number of halogens is 1. The maximum absolute atomic E-state index is 13.6. The van der Waals surface area contributed by atoms with Gasteiger partial charge in [-0.05, 0) is 56.3 Å². The van der Waals surface area contributed by atoms with Crippen molar-refractivity contribution in [2.45, 2.75) is 29.7 Å². The fourth-order valence-electron chi connectivity index (χ4n) is 5.09. The Kier molecular flexibility index (Phi) is 8.86. The molecule has 1 N–H and O–H groups in total. The summed E-state index contributed by atoms with van der Waals surface area (Å²) < 4.78 is 58.1. The number of aryl methyl sites for hydroxylation is 1. The molecule has 0 spiro atoms. The van der Waals surface area contributed by atoms with Gasteiger partial charge in [0.15, 0.2) is 0 Å². The van der Waals surface area contributed by atoms with E-state index < -0.39 is 32.0 Å². The quantitative estimate of drug-likeness (QED) is 0.231. The molecular formula is C30H30ClN5O5S2. The molecule has 10 nitrogen and oxygen atoms in total. The summed E-state index contributed by atoms with van der Waals surface area (Å²) in [7, 11) is -8.11. The van der Waals surface area contributed by atoms with E-state index in [4.69, 9.17) is 11.6 Å². The van der Waals surface area contributed by atoms with Crippen LogP contribution in [-0.2, 0) is 24.8 Å². The van der Waals surface area contributed by atoms with Crippen LogP contribution in [0.1, 0.15) is 17.0 Å². The van der Waals surface area contributed by atoms with Crippen LogP contribution in [0.4, 0.5) is 0 Å². The molecule has 4 aromatic rings. The average Bonchev–Trinajstić information content (AvgIpc) is 3.29. The Morgan fingerprint density at radius 1 is 0.860 bits per heavy atom. The largest absolute Gasteiger partial charge is 0.316 e.